The van der Waals surface area contributed by atoms with E-state index in [4.69, 9.17) is 4.74 Å². The fourth-order valence-electron chi connectivity index (χ4n) is 2.79. The monoisotopic (exact) mass is 490 g/mol. The Morgan fingerprint density at radius 3 is 2.56 bits per heavy atom. The van der Waals surface area contributed by atoms with E-state index in [0.717, 1.165) is 25.6 Å². The molecule has 1 rings (SSSR count). The predicted octanol–water partition coefficient (Wildman–Crippen LogP) is 0.783. The van der Waals surface area contributed by atoms with Gasteiger partial charge in [-0.25, -0.2) is 13.1 Å². The Morgan fingerprint density at radius 2 is 2.04 bits per heavy atom. The standard InChI is InChI=1S/C15H30N4O4S.HI/c1-6-23-13(20)12-8-7-9-19(10-12)14(16-4)17-11-15(2,3)18-24(5,21)22;/h12,18H,6-11H2,1-5H3,(H,16,17);1H. The molecule has 1 heterocycles. The highest BCUT2D eigenvalue weighted by Crippen LogP contribution is 2.18. The quantitative estimate of drug-likeness (QED) is 0.247. The molecular formula is C15H31IN4O4S. The van der Waals surface area contributed by atoms with Gasteiger partial charge in [-0.3, -0.25) is 9.79 Å². The zero-order valence-electron chi connectivity index (χ0n) is 15.7. The van der Waals surface area contributed by atoms with Crippen LogP contribution in [0.3, 0.4) is 0 Å². The molecule has 148 valence electrons. The summed E-state index contributed by atoms with van der Waals surface area (Å²) in [7, 11) is -1.62. The highest BCUT2D eigenvalue weighted by atomic mass is 127. The summed E-state index contributed by atoms with van der Waals surface area (Å²) < 4.78 is 30.5. The number of carbonyl (C=O) groups excluding carboxylic acids is 1. The van der Waals surface area contributed by atoms with Gasteiger partial charge in [0.2, 0.25) is 10.0 Å². The van der Waals surface area contributed by atoms with Crippen LogP contribution in [0.25, 0.3) is 0 Å². The Balaban J connectivity index is 0.00000576. The summed E-state index contributed by atoms with van der Waals surface area (Å²) in [5.41, 5.74) is -0.653. The van der Waals surface area contributed by atoms with Crippen molar-refractivity contribution in [3.05, 3.63) is 0 Å². The average Bonchev–Trinajstić information content (AvgIpc) is 2.46. The summed E-state index contributed by atoms with van der Waals surface area (Å²) in [6.45, 7) is 7.52. The minimum atomic E-state index is -3.29. The molecule has 25 heavy (non-hydrogen) atoms. The number of guanidine groups is 1. The molecule has 1 atom stereocenters. The topological polar surface area (TPSA) is 100 Å². The van der Waals surface area contributed by atoms with Gasteiger partial charge in [0.15, 0.2) is 5.96 Å². The Bertz CT molecular complexity index is 566. The molecule has 1 aliphatic rings. The molecule has 0 bridgehead atoms. The molecule has 0 aromatic rings. The van der Waals surface area contributed by atoms with Crippen molar-refractivity contribution in [1.29, 1.82) is 0 Å². The minimum absolute atomic E-state index is 0. The largest absolute Gasteiger partial charge is 0.466 e. The first kappa shape index (κ1) is 24.4. The van der Waals surface area contributed by atoms with Gasteiger partial charge in [-0.2, -0.15) is 0 Å². The fourth-order valence-corrected chi connectivity index (χ4v) is 3.87. The molecule has 0 aromatic heterocycles. The van der Waals surface area contributed by atoms with E-state index in [1.54, 1.807) is 27.8 Å². The van der Waals surface area contributed by atoms with Crippen LogP contribution in [0.2, 0.25) is 0 Å². The highest BCUT2D eigenvalue weighted by Gasteiger charge is 2.29. The zero-order chi connectivity index (χ0) is 18.4. The molecule has 1 fully saturated rings. The number of esters is 1. The Morgan fingerprint density at radius 1 is 1.40 bits per heavy atom. The molecule has 1 unspecified atom stereocenters. The van der Waals surface area contributed by atoms with Crippen LogP contribution in [0.5, 0.6) is 0 Å². The maximum atomic E-state index is 11.9. The van der Waals surface area contributed by atoms with E-state index in [9.17, 15) is 13.2 Å². The summed E-state index contributed by atoms with van der Waals surface area (Å²) in [4.78, 5) is 18.2. The maximum Gasteiger partial charge on any atom is 0.310 e. The molecule has 0 aliphatic carbocycles. The number of nitrogens with zero attached hydrogens (tertiary/aromatic N) is 2. The van der Waals surface area contributed by atoms with Crippen LogP contribution in [0, 0.1) is 5.92 Å². The smallest absolute Gasteiger partial charge is 0.310 e. The summed E-state index contributed by atoms with van der Waals surface area (Å²) in [5, 5.41) is 3.19. The van der Waals surface area contributed by atoms with E-state index in [2.05, 4.69) is 15.0 Å². The van der Waals surface area contributed by atoms with Crippen LogP contribution >= 0.6 is 24.0 Å². The molecule has 0 radical (unpaired) electrons. The van der Waals surface area contributed by atoms with E-state index in [1.165, 1.54) is 0 Å². The molecule has 1 saturated heterocycles. The molecule has 0 spiro atoms. The second-order valence-electron chi connectivity index (χ2n) is 6.70. The zero-order valence-corrected chi connectivity index (χ0v) is 18.8. The van der Waals surface area contributed by atoms with Crippen molar-refractivity contribution in [3.8, 4) is 0 Å². The maximum absolute atomic E-state index is 11.9. The van der Waals surface area contributed by atoms with Crippen LogP contribution in [-0.2, 0) is 19.6 Å². The first-order valence-corrected chi connectivity index (χ1v) is 10.1. The number of aliphatic imine (C=N–C) groups is 1. The molecule has 2 N–H and O–H groups in total. The lowest BCUT2D eigenvalue weighted by Crippen LogP contribution is -2.55. The minimum Gasteiger partial charge on any atom is -0.466 e. The summed E-state index contributed by atoms with van der Waals surface area (Å²) in [6, 6.07) is 0. The number of sulfonamides is 1. The van der Waals surface area contributed by atoms with Crippen molar-refractivity contribution in [2.75, 3.05) is 39.5 Å². The molecule has 8 nitrogen and oxygen atoms in total. The number of piperidine rings is 1. The van der Waals surface area contributed by atoms with Crippen molar-refractivity contribution in [2.45, 2.75) is 39.2 Å². The number of carbonyl (C=O) groups is 1. The van der Waals surface area contributed by atoms with Crippen LogP contribution in [0.15, 0.2) is 4.99 Å². The lowest BCUT2D eigenvalue weighted by molar-refractivity contribution is -0.149. The van der Waals surface area contributed by atoms with Crippen molar-refractivity contribution >= 4 is 45.9 Å². The second kappa shape index (κ2) is 10.5. The van der Waals surface area contributed by atoms with E-state index in [1.807, 2.05) is 4.90 Å². The van der Waals surface area contributed by atoms with Gasteiger partial charge in [0.25, 0.3) is 0 Å². The third-order valence-corrected chi connectivity index (χ3v) is 4.63. The molecule has 1 aliphatic heterocycles. The van der Waals surface area contributed by atoms with Gasteiger partial charge in [-0.05, 0) is 33.6 Å². The van der Waals surface area contributed by atoms with E-state index >= 15 is 0 Å². The summed E-state index contributed by atoms with van der Waals surface area (Å²) in [5.74, 6) is 0.337. The number of ether oxygens (including phenoxy) is 1. The number of halogens is 1. The van der Waals surface area contributed by atoms with Crippen LogP contribution < -0.4 is 10.0 Å². The Labute approximate surface area is 168 Å². The van der Waals surface area contributed by atoms with Crippen LogP contribution in [0.1, 0.15) is 33.6 Å². The van der Waals surface area contributed by atoms with E-state index < -0.39 is 15.6 Å². The van der Waals surface area contributed by atoms with Crippen LogP contribution in [-0.4, -0.2) is 70.3 Å². The average molecular weight is 490 g/mol. The second-order valence-corrected chi connectivity index (χ2v) is 8.44. The first-order valence-electron chi connectivity index (χ1n) is 8.19. The van der Waals surface area contributed by atoms with E-state index in [-0.39, 0.29) is 35.9 Å². The Kier molecular flexibility index (Phi) is 10.2. The SMILES string of the molecule is CCOC(=O)C1CCCN(C(=NC)NCC(C)(C)NS(C)(=O)=O)C1.I. The normalized spacial score (nSPS) is 19.2. The van der Waals surface area contributed by atoms with Gasteiger partial charge < -0.3 is 15.0 Å². The van der Waals surface area contributed by atoms with Crippen molar-refractivity contribution in [3.63, 3.8) is 0 Å². The number of hydrogen-bond donors (Lipinski definition) is 2. The summed E-state index contributed by atoms with van der Waals surface area (Å²) >= 11 is 0. The fraction of sp³-hybridized carbons (Fsp3) is 0.867. The number of likely N-dealkylation sites (tertiary alicyclic amines) is 1. The highest BCUT2D eigenvalue weighted by molar-refractivity contribution is 14.0. The molecule has 0 aromatic carbocycles. The van der Waals surface area contributed by atoms with Gasteiger partial charge in [0, 0.05) is 32.2 Å². The van der Waals surface area contributed by atoms with Crippen molar-refractivity contribution < 1.29 is 17.9 Å². The molecule has 10 heteroatoms. The molecule has 0 amide bonds. The summed E-state index contributed by atoms with van der Waals surface area (Å²) in [6.07, 6.45) is 2.83. The molecule has 0 saturated carbocycles. The van der Waals surface area contributed by atoms with E-state index in [0.29, 0.717) is 25.7 Å². The lowest BCUT2D eigenvalue weighted by Gasteiger charge is -2.35. The van der Waals surface area contributed by atoms with Gasteiger partial charge >= 0.3 is 5.97 Å². The van der Waals surface area contributed by atoms with Gasteiger partial charge in [0.1, 0.15) is 0 Å². The Hall–Kier alpha value is -0.620. The lowest BCUT2D eigenvalue weighted by atomic mass is 9.98. The van der Waals surface area contributed by atoms with Crippen LogP contribution in [0.4, 0.5) is 0 Å². The number of nitrogens with one attached hydrogen (secondary N) is 2. The predicted molar refractivity (Wildman–Crippen MR) is 110 cm³/mol. The van der Waals surface area contributed by atoms with Gasteiger partial charge in [-0.1, -0.05) is 0 Å². The van der Waals surface area contributed by atoms with Gasteiger partial charge in [0.05, 0.1) is 18.8 Å². The third kappa shape index (κ3) is 9.04. The first-order chi connectivity index (χ1) is 11.1. The third-order valence-electron chi connectivity index (χ3n) is 3.70. The number of rotatable bonds is 6. The van der Waals surface area contributed by atoms with Crippen molar-refractivity contribution in [1.82, 2.24) is 14.9 Å². The van der Waals surface area contributed by atoms with Gasteiger partial charge in [-0.15, -0.1) is 24.0 Å². The van der Waals surface area contributed by atoms with Crippen molar-refractivity contribution in [2.24, 2.45) is 10.9 Å². The number of hydrogen-bond acceptors (Lipinski definition) is 5. The molecular weight excluding hydrogens is 459 g/mol.